The van der Waals surface area contributed by atoms with Crippen LogP contribution in [-0.2, 0) is 10.0 Å². The van der Waals surface area contributed by atoms with Gasteiger partial charge in [0.05, 0.1) is 21.1 Å². The molecule has 21 heavy (non-hydrogen) atoms. The van der Waals surface area contributed by atoms with Crippen molar-refractivity contribution >= 4 is 50.2 Å². The van der Waals surface area contributed by atoms with Crippen molar-refractivity contribution in [3.8, 4) is 0 Å². The number of halogens is 3. The maximum Gasteiger partial charge on any atom is 0.242 e. The van der Waals surface area contributed by atoms with Crippen LogP contribution in [0, 0.1) is 5.82 Å². The van der Waals surface area contributed by atoms with Crippen LogP contribution < -0.4 is 10.5 Å². The van der Waals surface area contributed by atoms with Gasteiger partial charge in [-0.15, -0.1) is 11.3 Å². The molecule has 1 aromatic carbocycles. The van der Waals surface area contributed by atoms with Crippen molar-refractivity contribution in [2.45, 2.75) is 17.9 Å². The van der Waals surface area contributed by atoms with Gasteiger partial charge in [-0.25, -0.2) is 17.5 Å². The van der Waals surface area contributed by atoms with Gasteiger partial charge in [-0.3, -0.25) is 0 Å². The van der Waals surface area contributed by atoms with E-state index >= 15 is 0 Å². The number of hydrogen-bond acceptors (Lipinski definition) is 4. The lowest BCUT2D eigenvalue weighted by Gasteiger charge is -2.14. The van der Waals surface area contributed by atoms with Gasteiger partial charge in [0.15, 0.2) is 0 Å². The van der Waals surface area contributed by atoms with Gasteiger partial charge in [0, 0.05) is 4.88 Å². The van der Waals surface area contributed by atoms with Gasteiger partial charge in [0.25, 0.3) is 0 Å². The Morgan fingerprint density at radius 1 is 1.33 bits per heavy atom. The molecular weight excluding hydrogens is 358 g/mol. The molecule has 0 aliphatic rings. The second-order valence-electron chi connectivity index (χ2n) is 4.29. The molecule has 0 bridgehead atoms. The quantitative estimate of drug-likeness (QED) is 0.805. The molecule has 2 aromatic rings. The number of benzene rings is 1. The van der Waals surface area contributed by atoms with E-state index < -0.39 is 21.9 Å². The summed E-state index contributed by atoms with van der Waals surface area (Å²) in [6, 6.07) is 4.76. The summed E-state index contributed by atoms with van der Waals surface area (Å²) >= 11 is 12.9. The summed E-state index contributed by atoms with van der Waals surface area (Å²) < 4.78 is 40.9. The first-order valence-corrected chi connectivity index (χ1v) is 8.78. The van der Waals surface area contributed by atoms with E-state index in [0.29, 0.717) is 4.34 Å². The van der Waals surface area contributed by atoms with Gasteiger partial charge < -0.3 is 5.73 Å². The van der Waals surface area contributed by atoms with Crippen molar-refractivity contribution in [3.63, 3.8) is 0 Å². The van der Waals surface area contributed by atoms with E-state index in [2.05, 4.69) is 4.72 Å². The number of hydrogen-bond donors (Lipinski definition) is 2. The lowest BCUT2D eigenvalue weighted by molar-refractivity contribution is 0.568. The molecule has 0 aliphatic carbocycles. The zero-order chi connectivity index (χ0) is 15.8. The predicted octanol–water partition coefficient (Wildman–Crippen LogP) is 3.82. The van der Waals surface area contributed by atoms with Crippen LogP contribution >= 0.6 is 34.5 Å². The zero-order valence-corrected chi connectivity index (χ0v) is 13.9. The molecule has 2 rings (SSSR count). The van der Waals surface area contributed by atoms with Gasteiger partial charge in [-0.05, 0) is 31.2 Å². The molecule has 0 spiro atoms. The van der Waals surface area contributed by atoms with Gasteiger partial charge in [0.2, 0.25) is 10.0 Å². The summed E-state index contributed by atoms with van der Waals surface area (Å²) in [6.45, 7) is 1.67. The second kappa shape index (κ2) is 6.10. The highest BCUT2D eigenvalue weighted by molar-refractivity contribution is 7.89. The Kier molecular flexibility index (Phi) is 4.79. The summed E-state index contributed by atoms with van der Waals surface area (Å²) in [5, 5.41) is -0.231. The fourth-order valence-electron chi connectivity index (χ4n) is 1.67. The Morgan fingerprint density at radius 3 is 2.57 bits per heavy atom. The topological polar surface area (TPSA) is 72.2 Å². The first-order valence-electron chi connectivity index (χ1n) is 5.73. The number of nitrogens with one attached hydrogen (secondary N) is 1. The molecular formula is C12H11Cl2FN2O2S2. The molecule has 0 aliphatic heterocycles. The van der Waals surface area contributed by atoms with Crippen LogP contribution in [0.1, 0.15) is 17.8 Å². The molecule has 9 heteroatoms. The maximum atomic E-state index is 13.2. The molecule has 4 nitrogen and oxygen atoms in total. The predicted molar refractivity (Wildman–Crippen MR) is 83.9 cm³/mol. The van der Waals surface area contributed by atoms with E-state index in [1.807, 2.05) is 0 Å². The average Bonchev–Trinajstić information content (AvgIpc) is 2.80. The summed E-state index contributed by atoms with van der Waals surface area (Å²) in [4.78, 5) is 0.479. The average molecular weight is 369 g/mol. The van der Waals surface area contributed by atoms with Gasteiger partial charge in [-0.2, -0.15) is 0 Å². The molecule has 0 saturated heterocycles. The van der Waals surface area contributed by atoms with Gasteiger partial charge in [0.1, 0.15) is 10.7 Å². The van der Waals surface area contributed by atoms with Gasteiger partial charge >= 0.3 is 0 Å². The van der Waals surface area contributed by atoms with E-state index in [0.717, 1.165) is 17.0 Å². The Balaban J connectivity index is 2.32. The van der Waals surface area contributed by atoms with Crippen molar-refractivity contribution in [3.05, 3.63) is 44.3 Å². The molecule has 3 N–H and O–H groups in total. The maximum absolute atomic E-state index is 13.2. The fourth-order valence-corrected chi connectivity index (χ4v) is 4.58. The van der Waals surface area contributed by atoms with Crippen molar-refractivity contribution in [1.82, 2.24) is 4.72 Å². The summed E-state index contributed by atoms with van der Waals surface area (Å²) in [7, 11) is -3.93. The standard InChI is InChI=1S/C12H11Cl2FN2O2S2/c1-6(10-2-3-12(14)20-10)17-21(18,19)11-5-9(16)8(15)4-7(11)13/h2-6,17H,16H2,1H3. The third-order valence-electron chi connectivity index (χ3n) is 2.69. The highest BCUT2D eigenvalue weighted by atomic mass is 35.5. The van der Waals surface area contributed by atoms with Crippen LogP contribution in [0.25, 0.3) is 0 Å². The Labute approximate surface area is 135 Å². The van der Waals surface area contributed by atoms with Crippen LogP contribution in [0.5, 0.6) is 0 Å². The minimum atomic E-state index is -3.93. The van der Waals surface area contributed by atoms with Crippen molar-refractivity contribution in [1.29, 1.82) is 0 Å². The normalized spacial score (nSPS) is 13.3. The minimum Gasteiger partial charge on any atom is -0.396 e. The first kappa shape index (κ1) is 16.5. The highest BCUT2D eigenvalue weighted by Gasteiger charge is 2.23. The molecule has 0 saturated carbocycles. The van der Waals surface area contributed by atoms with Crippen LogP contribution in [0.3, 0.4) is 0 Å². The largest absolute Gasteiger partial charge is 0.396 e. The molecule has 0 fully saturated rings. The lowest BCUT2D eigenvalue weighted by atomic mass is 10.3. The van der Waals surface area contributed by atoms with Gasteiger partial charge in [-0.1, -0.05) is 23.2 Å². The molecule has 1 atom stereocenters. The van der Waals surface area contributed by atoms with E-state index in [4.69, 9.17) is 28.9 Å². The lowest BCUT2D eigenvalue weighted by Crippen LogP contribution is -2.26. The Morgan fingerprint density at radius 2 is 2.00 bits per heavy atom. The molecule has 1 heterocycles. The first-order chi connectivity index (χ1) is 9.70. The third-order valence-corrected chi connectivity index (χ3v) is 6.11. The summed E-state index contributed by atoms with van der Waals surface area (Å²) in [6.07, 6.45) is 0. The highest BCUT2D eigenvalue weighted by Crippen LogP contribution is 2.30. The monoisotopic (exact) mass is 368 g/mol. The van der Waals surface area contributed by atoms with Crippen LogP contribution in [0.4, 0.5) is 10.1 Å². The van der Waals surface area contributed by atoms with Crippen molar-refractivity contribution < 1.29 is 12.8 Å². The summed E-state index contributed by atoms with van der Waals surface area (Å²) in [5.41, 5.74) is 5.10. The van der Waals surface area contributed by atoms with E-state index in [1.165, 1.54) is 11.3 Å². The molecule has 0 amide bonds. The van der Waals surface area contributed by atoms with E-state index in [1.54, 1.807) is 19.1 Å². The SMILES string of the molecule is CC(NS(=O)(=O)c1cc(N)c(F)cc1Cl)c1ccc(Cl)s1. The zero-order valence-electron chi connectivity index (χ0n) is 10.7. The number of thiophene rings is 1. The number of nitrogens with two attached hydrogens (primary N) is 1. The molecule has 114 valence electrons. The summed E-state index contributed by atoms with van der Waals surface area (Å²) in [5.74, 6) is -0.767. The fraction of sp³-hybridized carbons (Fsp3) is 0.167. The molecule has 1 aromatic heterocycles. The van der Waals surface area contributed by atoms with Crippen molar-refractivity contribution in [2.75, 3.05) is 5.73 Å². The van der Waals surface area contributed by atoms with Crippen LogP contribution in [0.2, 0.25) is 9.36 Å². The van der Waals surface area contributed by atoms with E-state index in [9.17, 15) is 12.8 Å². The molecule has 0 radical (unpaired) electrons. The van der Waals surface area contributed by atoms with Crippen LogP contribution in [0.15, 0.2) is 29.2 Å². The number of anilines is 1. The Bertz CT molecular complexity index is 778. The number of rotatable bonds is 4. The Hall–Kier alpha value is -0.860. The molecule has 1 unspecified atom stereocenters. The van der Waals surface area contributed by atoms with E-state index in [-0.39, 0.29) is 15.6 Å². The van der Waals surface area contributed by atoms with Crippen LogP contribution in [-0.4, -0.2) is 8.42 Å². The number of nitrogen functional groups attached to an aromatic ring is 1. The second-order valence-corrected chi connectivity index (χ2v) is 8.13. The van der Waals surface area contributed by atoms with Crippen molar-refractivity contribution in [2.24, 2.45) is 0 Å². The number of sulfonamides is 1. The smallest absolute Gasteiger partial charge is 0.242 e. The minimum absolute atomic E-state index is 0.231. The third kappa shape index (κ3) is 3.67.